The van der Waals surface area contributed by atoms with Crippen LogP contribution in [0.5, 0.6) is 0 Å². The number of ether oxygens (including phenoxy) is 1. The highest BCUT2D eigenvalue weighted by atomic mass is 16.6. The number of carbonyl (C=O) groups excluding carboxylic acids is 1. The van der Waals surface area contributed by atoms with Crippen LogP contribution in [0.4, 0.5) is 0 Å². The fourth-order valence-corrected chi connectivity index (χ4v) is 1.09. The molecule has 0 fully saturated rings. The van der Waals surface area contributed by atoms with Crippen molar-refractivity contribution in [2.45, 2.75) is 40.2 Å². The molecule has 0 bridgehead atoms. The molecule has 4 heteroatoms. The highest BCUT2D eigenvalue weighted by Crippen LogP contribution is 2.13. The Labute approximate surface area is 89.7 Å². The number of hydrogen-bond acceptors (Lipinski definition) is 4. The van der Waals surface area contributed by atoms with E-state index in [4.69, 9.17) is 4.74 Å². The molecule has 1 heterocycles. The van der Waals surface area contributed by atoms with E-state index in [0.29, 0.717) is 17.0 Å². The lowest BCUT2D eigenvalue weighted by atomic mass is 10.1. The van der Waals surface area contributed by atoms with Gasteiger partial charge in [-0.05, 0) is 40.7 Å². The summed E-state index contributed by atoms with van der Waals surface area (Å²) in [4.78, 5) is 11.7. The van der Waals surface area contributed by atoms with Gasteiger partial charge in [0.25, 0.3) is 0 Å². The zero-order chi connectivity index (χ0) is 11.6. The number of aryl methyl sites for hydroxylation is 2. The Hall–Kier alpha value is -1.45. The summed E-state index contributed by atoms with van der Waals surface area (Å²) in [5.41, 5.74) is 1.30. The fraction of sp³-hybridized carbons (Fsp3) is 0.545. The van der Waals surface area contributed by atoms with Crippen LogP contribution in [0.3, 0.4) is 0 Å². The van der Waals surface area contributed by atoms with Crippen molar-refractivity contribution in [3.05, 3.63) is 23.0 Å². The summed E-state index contributed by atoms with van der Waals surface area (Å²) >= 11 is 0. The normalized spacial score (nSPS) is 11.3. The van der Waals surface area contributed by atoms with Crippen LogP contribution in [-0.2, 0) is 4.74 Å². The average molecular weight is 208 g/mol. The van der Waals surface area contributed by atoms with Crippen molar-refractivity contribution in [2.75, 3.05) is 0 Å². The second-order valence-corrected chi connectivity index (χ2v) is 4.49. The van der Waals surface area contributed by atoms with Crippen molar-refractivity contribution in [3.63, 3.8) is 0 Å². The third-order valence-electron chi connectivity index (χ3n) is 1.72. The van der Waals surface area contributed by atoms with Gasteiger partial charge in [0.05, 0.1) is 17.0 Å². The van der Waals surface area contributed by atoms with Crippen molar-refractivity contribution in [1.29, 1.82) is 0 Å². The smallest absolute Gasteiger partial charge is 0.340 e. The Morgan fingerprint density at radius 1 is 1.27 bits per heavy atom. The average Bonchev–Trinajstić information content (AvgIpc) is 2.06. The Balaban J connectivity index is 2.96. The van der Waals surface area contributed by atoms with Crippen LogP contribution in [0, 0.1) is 13.8 Å². The van der Waals surface area contributed by atoms with E-state index >= 15 is 0 Å². The van der Waals surface area contributed by atoms with Gasteiger partial charge in [-0.25, -0.2) is 4.79 Å². The molecule has 1 aromatic heterocycles. The molecule has 0 saturated carbocycles. The van der Waals surface area contributed by atoms with Gasteiger partial charge in [0, 0.05) is 0 Å². The van der Waals surface area contributed by atoms with Crippen LogP contribution in [0.1, 0.15) is 42.5 Å². The van der Waals surface area contributed by atoms with Gasteiger partial charge in [-0.15, -0.1) is 0 Å². The number of rotatable bonds is 1. The lowest BCUT2D eigenvalue weighted by molar-refractivity contribution is 0.00678. The maximum absolute atomic E-state index is 11.7. The van der Waals surface area contributed by atoms with E-state index in [1.807, 2.05) is 20.8 Å². The van der Waals surface area contributed by atoms with Crippen molar-refractivity contribution < 1.29 is 9.53 Å². The Kier molecular flexibility index (Phi) is 3.07. The lowest BCUT2D eigenvalue weighted by Crippen LogP contribution is -2.24. The molecule has 0 aromatic carbocycles. The summed E-state index contributed by atoms with van der Waals surface area (Å²) in [6.07, 6.45) is 0. The van der Waals surface area contributed by atoms with E-state index in [0.717, 1.165) is 0 Å². The van der Waals surface area contributed by atoms with Gasteiger partial charge in [0.15, 0.2) is 0 Å². The summed E-state index contributed by atoms with van der Waals surface area (Å²) in [6, 6.07) is 1.69. The van der Waals surface area contributed by atoms with Gasteiger partial charge >= 0.3 is 5.97 Å². The van der Waals surface area contributed by atoms with Gasteiger partial charge in [0.2, 0.25) is 0 Å². The molecular weight excluding hydrogens is 192 g/mol. The maximum Gasteiger partial charge on any atom is 0.340 e. The molecule has 15 heavy (non-hydrogen) atoms. The molecule has 0 amide bonds. The molecule has 4 nitrogen and oxygen atoms in total. The number of aromatic nitrogens is 2. The summed E-state index contributed by atoms with van der Waals surface area (Å²) in [5, 5.41) is 7.74. The predicted molar refractivity (Wildman–Crippen MR) is 56.7 cm³/mol. The van der Waals surface area contributed by atoms with E-state index in [1.165, 1.54) is 0 Å². The van der Waals surface area contributed by atoms with E-state index in [9.17, 15) is 4.79 Å². The molecule has 0 unspecified atom stereocenters. The largest absolute Gasteiger partial charge is 0.456 e. The molecule has 0 aliphatic carbocycles. The van der Waals surface area contributed by atoms with Gasteiger partial charge in [-0.1, -0.05) is 0 Å². The summed E-state index contributed by atoms with van der Waals surface area (Å²) in [7, 11) is 0. The monoisotopic (exact) mass is 208 g/mol. The molecule has 0 radical (unpaired) electrons. The molecule has 0 spiro atoms. The Bertz CT molecular complexity index is 381. The molecule has 1 rings (SSSR count). The van der Waals surface area contributed by atoms with Crippen molar-refractivity contribution in [2.24, 2.45) is 0 Å². The Morgan fingerprint density at radius 2 is 1.87 bits per heavy atom. The Morgan fingerprint density at radius 3 is 2.40 bits per heavy atom. The van der Waals surface area contributed by atoms with Crippen molar-refractivity contribution >= 4 is 5.97 Å². The molecule has 0 N–H and O–H groups in total. The molecule has 0 aliphatic rings. The number of nitrogens with zero attached hydrogens (tertiary/aromatic N) is 2. The van der Waals surface area contributed by atoms with E-state index in [-0.39, 0.29) is 5.97 Å². The summed E-state index contributed by atoms with van der Waals surface area (Å²) in [5.74, 6) is -0.349. The van der Waals surface area contributed by atoms with E-state index in [1.54, 1.807) is 19.9 Å². The zero-order valence-corrected chi connectivity index (χ0v) is 9.79. The first kappa shape index (κ1) is 11.6. The topological polar surface area (TPSA) is 52.1 Å². The molecule has 82 valence electrons. The highest BCUT2D eigenvalue weighted by Gasteiger charge is 2.20. The summed E-state index contributed by atoms with van der Waals surface area (Å²) < 4.78 is 5.25. The van der Waals surface area contributed by atoms with Crippen LogP contribution < -0.4 is 0 Å². The van der Waals surface area contributed by atoms with Crippen LogP contribution in [0.15, 0.2) is 6.07 Å². The first-order valence-electron chi connectivity index (χ1n) is 4.84. The van der Waals surface area contributed by atoms with Crippen molar-refractivity contribution in [1.82, 2.24) is 10.2 Å². The van der Waals surface area contributed by atoms with Gasteiger partial charge in [-0.3, -0.25) is 0 Å². The van der Waals surface area contributed by atoms with E-state index in [2.05, 4.69) is 10.2 Å². The molecule has 0 saturated heterocycles. The standard InChI is InChI=1S/C11H16N2O2/c1-7-6-9(8(2)13-12-7)10(14)15-11(3,4)5/h6H,1-5H3. The van der Waals surface area contributed by atoms with E-state index < -0.39 is 5.60 Å². The minimum Gasteiger partial charge on any atom is -0.456 e. The molecular formula is C11H16N2O2. The minimum atomic E-state index is -0.485. The minimum absolute atomic E-state index is 0.349. The van der Waals surface area contributed by atoms with Crippen LogP contribution >= 0.6 is 0 Å². The lowest BCUT2D eigenvalue weighted by Gasteiger charge is -2.19. The molecule has 1 aromatic rings. The fourth-order valence-electron chi connectivity index (χ4n) is 1.09. The van der Waals surface area contributed by atoms with Crippen LogP contribution in [0.25, 0.3) is 0 Å². The molecule has 0 aliphatic heterocycles. The first-order valence-corrected chi connectivity index (χ1v) is 4.84. The quantitative estimate of drug-likeness (QED) is 0.663. The second-order valence-electron chi connectivity index (χ2n) is 4.49. The summed E-state index contributed by atoms with van der Waals surface area (Å²) in [6.45, 7) is 9.04. The molecule has 0 atom stereocenters. The van der Waals surface area contributed by atoms with Gasteiger partial charge in [0.1, 0.15) is 5.60 Å². The van der Waals surface area contributed by atoms with Gasteiger partial charge < -0.3 is 4.74 Å². The van der Waals surface area contributed by atoms with Crippen LogP contribution in [-0.4, -0.2) is 21.8 Å². The maximum atomic E-state index is 11.7. The predicted octanol–water partition coefficient (Wildman–Crippen LogP) is 2.05. The second kappa shape index (κ2) is 3.96. The highest BCUT2D eigenvalue weighted by molar-refractivity contribution is 5.90. The van der Waals surface area contributed by atoms with Crippen LogP contribution in [0.2, 0.25) is 0 Å². The number of esters is 1. The van der Waals surface area contributed by atoms with Gasteiger partial charge in [-0.2, -0.15) is 10.2 Å². The van der Waals surface area contributed by atoms with Crippen molar-refractivity contribution in [3.8, 4) is 0 Å². The first-order chi connectivity index (χ1) is 6.79. The third-order valence-corrected chi connectivity index (χ3v) is 1.72. The third kappa shape index (κ3) is 3.31. The SMILES string of the molecule is Cc1cc(C(=O)OC(C)(C)C)c(C)nn1. The number of hydrogen-bond donors (Lipinski definition) is 0. The zero-order valence-electron chi connectivity index (χ0n) is 9.79. The number of carbonyl (C=O) groups is 1.